The molecule has 1 atom stereocenters. The van der Waals surface area contributed by atoms with Crippen molar-refractivity contribution in [2.24, 2.45) is 5.92 Å². The first-order chi connectivity index (χ1) is 6.15. The molecule has 1 aliphatic carbocycles. The van der Waals surface area contributed by atoms with E-state index in [0.29, 0.717) is 17.7 Å². The molecule has 1 fully saturated rings. The Morgan fingerprint density at radius 3 is 2.62 bits per heavy atom. The van der Waals surface area contributed by atoms with Crippen molar-refractivity contribution in [3.63, 3.8) is 0 Å². The lowest BCUT2D eigenvalue weighted by atomic mass is 10.1. The van der Waals surface area contributed by atoms with E-state index < -0.39 is 0 Å². The Bertz CT molecular complexity index is 177. The highest BCUT2D eigenvalue weighted by atomic mass is 16.1. The van der Waals surface area contributed by atoms with Crippen LogP contribution in [-0.4, -0.2) is 29.8 Å². The van der Waals surface area contributed by atoms with Gasteiger partial charge in [0.05, 0.1) is 0 Å². The van der Waals surface area contributed by atoms with Gasteiger partial charge in [-0.2, -0.15) is 0 Å². The molecule has 0 aliphatic heterocycles. The van der Waals surface area contributed by atoms with E-state index in [1.807, 2.05) is 0 Å². The smallest absolute Gasteiger partial charge is 0.137 e. The predicted octanol–water partition coefficient (Wildman–Crippen LogP) is 2.09. The molecule has 0 aromatic carbocycles. The third-order valence-electron chi connectivity index (χ3n) is 3.02. The number of hydrogen-bond donors (Lipinski definition) is 0. The number of ketones is 1. The molecule has 0 aromatic heterocycles. The summed E-state index contributed by atoms with van der Waals surface area (Å²) in [5.74, 6) is 0.821. The van der Waals surface area contributed by atoms with E-state index in [0.717, 1.165) is 32.4 Å². The first-order valence-corrected chi connectivity index (χ1v) is 5.42. The van der Waals surface area contributed by atoms with Crippen molar-refractivity contribution >= 4 is 5.78 Å². The molecule has 2 nitrogen and oxygen atoms in total. The molecular formula is C11H21NO. The summed E-state index contributed by atoms with van der Waals surface area (Å²) in [6.07, 6.45) is 3.04. The number of rotatable bonds is 4. The Morgan fingerprint density at radius 2 is 2.23 bits per heavy atom. The number of Topliss-reactive ketones (excluding diaryl/α,β-unsaturated/α-hetero) is 1. The first-order valence-electron chi connectivity index (χ1n) is 5.42. The van der Waals surface area contributed by atoms with Crippen molar-refractivity contribution < 1.29 is 4.79 Å². The van der Waals surface area contributed by atoms with Crippen molar-refractivity contribution in [1.29, 1.82) is 0 Å². The SMILES string of the molecule is CCN(CC1CCCC1=O)C(C)C. The third kappa shape index (κ3) is 2.80. The minimum atomic E-state index is 0.336. The van der Waals surface area contributed by atoms with Gasteiger partial charge < -0.3 is 4.90 Å². The highest BCUT2D eigenvalue weighted by Gasteiger charge is 2.26. The highest BCUT2D eigenvalue weighted by molar-refractivity contribution is 5.83. The second kappa shape index (κ2) is 4.75. The zero-order chi connectivity index (χ0) is 9.84. The molecule has 1 rings (SSSR count). The molecule has 1 aliphatic rings. The third-order valence-corrected chi connectivity index (χ3v) is 3.02. The normalized spacial score (nSPS) is 23.5. The quantitative estimate of drug-likeness (QED) is 0.665. The van der Waals surface area contributed by atoms with Gasteiger partial charge in [-0.15, -0.1) is 0 Å². The van der Waals surface area contributed by atoms with Crippen LogP contribution < -0.4 is 0 Å². The molecule has 76 valence electrons. The first kappa shape index (κ1) is 10.7. The zero-order valence-corrected chi connectivity index (χ0v) is 9.05. The van der Waals surface area contributed by atoms with E-state index in [4.69, 9.17) is 0 Å². The summed E-state index contributed by atoms with van der Waals surface area (Å²) in [5, 5.41) is 0. The van der Waals surface area contributed by atoms with Crippen molar-refractivity contribution in [2.75, 3.05) is 13.1 Å². The lowest BCUT2D eigenvalue weighted by Crippen LogP contribution is -2.36. The number of carbonyl (C=O) groups is 1. The molecule has 0 aromatic rings. The zero-order valence-electron chi connectivity index (χ0n) is 9.05. The molecule has 0 heterocycles. The van der Waals surface area contributed by atoms with Crippen LogP contribution in [0.1, 0.15) is 40.0 Å². The molecule has 0 spiro atoms. The van der Waals surface area contributed by atoms with Gasteiger partial charge in [0.15, 0.2) is 0 Å². The summed E-state index contributed by atoms with van der Waals surface area (Å²) >= 11 is 0. The fraction of sp³-hybridized carbons (Fsp3) is 0.909. The minimum Gasteiger partial charge on any atom is -0.300 e. The van der Waals surface area contributed by atoms with E-state index in [9.17, 15) is 4.79 Å². The van der Waals surface area contributed by atoms with Crippen molar-refractivity contribution in [3.05, 3.63) is 0 Å². The van der Waals surface area contributed by atoms with Crippen LogP contribution in [0.15, 0.2) is 0 Å². The second-order valence-electron chi connectivity index (χ2n) is 4.24. The van der Waals surface area contributed by atoms with Crippen LogP contribution in [-0.2, 0) is 4.79 Å². The molecule has 2 heteroatoms. The Hall–Kier alpha value is -0.370. The van der Waals surface area contributed by atoms with Gasteiger partial charge in [0.25, 0.3) is 0 Å². The lowest BCUT2D eigenvalue weighted by molar-refractivity contribution is -0.121. The van der Waals surface area contributed by atoms with Crippen LogP contribution in [0.4, 0.5) is 0 Å². The van der Waals surface area contributed by atoms with Gasteiger partial charge >= 0.3 is 0 Å². The molecule has 0 amide bonds. The fourth-order valence-corrected chi connectivity index (χ4v) is 2.07. The molecule has 0 saturated heterocycles. The average Bonchev–Trinajstić information content (AvgIpc) is 2.46. The van der Waals surface area contributed by atoms with Crippen LogP contribution in [0.25, 0.3) is 0 Å². The van der Waals surface area contributed by atoms with Crippen LogP contribution in [0.3, 0.4) is 0 Å². The van der Waals surface area contributed by atoms with E-state index in [2.05, 4.69) is 25.7 Å². The number of nitrogens with zero attached hydrogens (tertiary/aromatic N) is 1. The second-order valence-corrected chi connectivity index (χ2v) is 4.24. The Morgan fingerprint density at radius 1 is 1.54 bits per heavy atom. The van der Waals surface area contributed by atoms with E-state index in [1.54, 1.807) is 0 Å². The van der Waals surface area contributed by atoms with Gasteiger partial charge in [0, 0.05) is 24.9 Å². The van der Waals surface area contributed by atoms with Gasteiger partial charge in [-0.3, -0.25) is 4.79 Å². The molecule has 1 saturated carbocycles. The summed E-state index contributed by atoms with van der Waals surface area (Å²) in [6.45, 7) is 8.60. The van der Waals surface area contributed by atoms with Gasteiger partial charge in [-0.05, 0) is 33.2 Å². The monoisotopic (exact) mass is 183 g/mol. The maximum absolute atomic E-state index is 11.4. The molecule has 1 unspecified atom stereocenters. The van der Waals surface area contributed by atoms with Crippen molar-refractivity contribution in [3.8, 4) is 0 Å². The predicted molar refractivity (Wildman–Crippen MR) is 54.7 cm³/mol. The van der Waals surface area contributed by atoms with Crippen molar-refractivity contribution in [1.82, 2.24) is 4.90 Å². The molecule has 0 N–H and O–H groups in total. The summed E-state index contributed by atoms with van der Waals surface area (Å²) in [6, 6.07) is 0.568. The Balaban J connectivity index is 2.41. The van der Waals surface area contributed by atoms with Gasteiger partial charge in [0.1, 0.15) is 5.78 Å². The van der Waals surface area contributed by atoms with Crippen LogP contribution >= 0.6 is 0 Å². The average molecular weight is 183 g/mol. The summed E-state index contributed by atoms with van der Waals surface area (Å²) in [4.78, 5) is 13.8. The topological polar surface area (TPSA) is 20.3 Å². The van der Waals surface area contributed by atoms with Crippen LogP contribution in [0, 0.1) is 5.92 Å². The maximum Gasteiger partial charge on any atom is 0.137 e. The molecular weight excluding hydrogens is 162 g/mol. The van der Waals surface area contributed by atoms with Crippen LogP contribution in [0.2, 0.25) is 0 Å². The molecule has 0 radical (unpaired) electrons. The lowest BCUT2D eigenvalue weighted by Gasteiger charge is -2.27. The largest absolute Gasteiger partial charge is 0.300 e. The molecule has 0 bridgehead atoms. The van der Waals surface area contributed by atoms with Gasteiger partial charge in [0.2, 0.25) is 0 Å². The van der Waals surface area contributed by atoms with Gasteiger partial charge in [-0.1, -0.05) is 6.92 Å². The summed E-state index contributed by atoms with van der Waals surface area (Å²) in [7, 11) is 0. The van der Waals surface area contributed by atoms with Crippen LogP contribution in [0.5, 0.6) is 0 Å². The maximum atomic E-state index is 11.4. The minimum absolute atomic E-state index is 0.336. The fourth-order valence-electron chi connectivity index (χ4n) is 2.07. The summed E-state index contributed by atoms with van der Waals surface area (Å²) in [5.41, 5.74) is 0. The van der Waals surface area contributed by atoms with Crippen molar-refractivity contribution in [2.45, 2.75) is 46.1 Å². The number of hydrogen-bond acceptors (Lipinski definition) is 2. The van der Waals surface area contributed by atoms with E-state index in [1.165, 1.54) is 0 Å². The molecule has 13 heavy (non-hydrogen) atoms. The number of carbonyl (C=O) groups excluding carboxylic acids is 1. The van der Waals surface area contributed by atoms with E-state index >= 15 is 0 Å². The highest BCUT2D eigenvalue weighted by Crippen LogP contribution is 2.22. The Labute approximate surface area is 81.3 Å². The standard InChI is InChI=1S/C11H21NO/c1-4-12(9(2)3)8-10-6-5-7-11(10)13/h9-10H,4-8H2,1-3H3. The Kier molecular flexibility index (Phi) is 3.91. The summed E-state index contributed by atoms with van der Waals surface area (Å²) < 4.78 is 0. The van der Waals surface area contributed by atoms with Gasteiger partial charge in [-0.25, -0.2) is 0 Å². The van der Waals surface area contributed by atoms with E-state index in [-0.39, 0.29) is 0 Å².